The average Bonchev–Trinajstić information content (AvgIpc) is 3.18. The number of amides is 1. The van der Waals surface area contributed by atoms with E-state index in [9.17, 15) is 4.79 Å². The zero-order valence-corrected chi connectivity index (χ0v) is 14.8. The molecule has 2 aromatic heterocycles. The molecule has 0 aliphatic carbocycles. The normalized spacial score (nSPS) is 10.9. The van der Waals surface area contributed by atoms with Crippen molar-refractivity contribution in [1.29, 1.82) is 0 Å². The van der Waals surface area contributed by atoms with Gasteiger partial charge in [0.15, 0.2) is 0 Å². The lowest BCUT2D eigenvalue weighted by Gasteiger charge is -2.20. The van der Waals surface area contributed by atoms with Crippen LogP contribution in [0.5, 0.6) is 0 Å². The minimum atomic E-state index is 0.0946. The van der Waals surface area contributed by atoms with Gasteiger partial charge in [0.05, 0.1) is 28.2 Å². The van der Waals surface area contributed by atoms with Crippen LogP contribution >= 0.6 is 22.9 Å². The molecule has 0 spiro atoms. The molecule has 6 heteroatoms. The number of carbonyl (C=O) groups is 1. The number of para-hydroxylation sites is 2. The topological polar surface area (TPSA) is 38.1 Å². The number of thiophene rings is 1. The molecular formula is C18H18ClN3OS. The number of aryl methyl sites for hydroxylation is 1. The zero-order chi connectivity index (χ0) is 16.9. The van der Waals surface area contributed by atoms with Gasteiger partial charge in [-0.2, -0.15) is 0 Å². The molecule has 0 aliphatic heterocycles. The molecule has 0 saturated heterocycles. The predicted octanol–water partition coefficient (Wildman–Crippen LogP) is 4.36. The smallest absolute Gasteiger partial charge is 0.224 e. The molecule has 24 heavy (non-hydrogen) atoms. The summed E-state index contributed by atoms with van der Waals surface area (Å²) in [5, 5.41) is 0. The highest BCUT2D eigenvalue weighted by Crippen LogP contribution is 2.23. The predicted molar refractivity (Wildman–Crippen MR) is 99.3 cm³/mol. The van der Waals surface area contributed by atoms with Crippen molar-refractivity contribution in [2.75, 3.05) is 6.54 Å². The van der Waals surface area contributed by atoms with Crippen LogP contribution in [0.4, 0.5) is 0 Å². The van der Waals surface area contributed by atoms with E-state index in [0.29, 0.717) is 26.1 Å². The second-order valence-corrected chi connectivity index (χ2v) is 7.25. The van der Waals surface area contributed by atoms with E-state index in [1.54, 1.807) is 17.3 Å². The minimum absolute atomic E-state index is 0.0946. The summed E-state index contributed by atoms with van der Waals surface area (Å²) in [4.78, 5) is 19.8. The molecule has 0 fully saturated rings. The van der Waals surface area contributed by atoms with Crippen molar-refractivity contribution in [2.24, 2.45) is 0 Å². The number of rotatable bonds is 7. The fourth-order valence-corrected chi connectivity index (χ4v) is 3.70. The highest BCUT2D eigenvalue weighted by molar-refractivity contribution is 7.16. The van der Waals surface area contributed by atoms with Crippen molar-refractivity contribution < 1.29 is 4.79 Å². The van der Waals surface area contributed by atoms with Crippen LogP contribution in [0.15, 0.2) is 55.4 Å². The van der Waals surface area contributed by atoms with Crippen molar-refractivity contribution in [3.8, 4) is 0 Å². The number of hydrogen-bond acceptors (Lipinski definition) is 3. The average molecular weight is 360 g/mol. The lowest BCUT2D eigenvalue weighted by Crippen LogP contribution is -2.31. The van der Waals surface area contributed by atoms with Crippen molar-refractivity contribution in [3.05, 3.63) is 64.6 Å². The van der Waals surface area contributed by atoms with Gasteiger partial charge in [0, 0.05) is 24.4 Å². The van der Waals surface area contributed by atoms with Gasteiger partial charge in [-0.05, 0) is 24.3 Å². The van der Waals surface area contributed by atoms with E-state index >= 15 is 0 Å². The minimum Gasteiger partial charge on any atom is -0.334 e. The number of imidazole rings is 1. The summed E-state index contributed by atoms with van der Waals surface area (Å²) in [5.41, 5.74) is 1.99. The van der Waals surface area contributed by atoms with E-state index in [1.807, 2.05) is 41.0 Å². The van der Waals surface area contributed by atoms with Gasteiger partial charge in [0.1, 0.15) is 0 Å². The van der Waals surface area contributed by atoms with Crippen LogP contribution < -0.4 is 0 Å². The van der Waals surface area contributed by atoms with Gasteiger partial charge < -0.3 is 9.47 Å². The second-order valence-electron chi connectivity index (χ2n) is 5.45. The van der Waals surface area contributed by atoms with Crippen molar-refractivity contribution in [1.82, 2.24) is 14.5 Å². The Morgan fingerprint density at radius 3 is 2.92 bits per heavy atom. The number of aromatic nitrogens is 2. The van der Waals surface area contributed by atoms with Crippen LogP contribution in [0.1, 0.15) is 11.3 Å². The first-order valence-electron chi connectivity index (χ1n) is 7.70. The molecule has 4 nitrogen and oxygen atoms in total. The molecule has 3 aromatic rings. The molecule has 0 bridgehead atoms. The Kier molecular flexibility index (Phi) is 5.33. The maximum atomic E-state index is 12.6. The fraction of sp³-hybridized carbons (Fsp3) is 0.222. The molecule has 0 radical (unpaired) electrons. The number of halogens is 1. The fourth-order valence-electron chi connectivity index (χ4n) is 2.60. The molecule has 0 unspecified atom stereocenters. The third-order valence-corrected chi connectivity index (χ3v) is 4.99. The molecule has 0 atom stereocenters. The maximum absolute atomic E-state index is 12.6. The van der Waals surface area contributed by atoms with E-state index in [2.05, 4.69) is 11.6 Å². The number of carbonyl (C=O) groups excluding carboxylic acids is 1. The Labute approximate surface area is 150 Å². The first-order chi connectivity index (χ1) is 11.7. The number of nitrogens with zero attached hydrogens (tertiary/aromatic N) is 3. The van der Waals surface area contributed by atoms with E-state index < -0.39 is 0 Å². The highest BCUT2D eigenvalue weighted by Gasteiger charge is 2.14. The van der Waals surface area contributed by atoms with Crippen molar-refractivity contribution in [3.63, 3.8) is 0 Å². The van der Waals surface area contributed by atoms with Crippen LogP contribution in [0.2, 0.25) is 4.34 Å². The highest BCUT2D eigenvalue weighted by atomic mass is 35.5. The summed E-state index contributed by atoms with van der Waals surface area (Å²) in [6, 6.07) is 11.7. The Morgan fingerprint density at radius 2 is 2.17 bits per heavy atom. The van der Waals surface area contributed by atoms with Gasteiger partial charge in [-0.1, -0.05) is 29.8 Å². The first-order valence-corrected chi connectivity index (χ1v) is 8.89. The Balaban J connectivity index is 1.65. The van der Waals surface area contributed by atoms with Crippen LogP contribution in [-0.2, 0) is 17.9 Å². The molecule has 0 aliphatic rings. The summed E-state index contributed by atoms with van der Waals surface area (Å²) >= 11 is 7.47. The summed E-state index contributed by atoms with van der Waals surface area (Å²) in [6.07, 6.45) is 3.96. The lowest BCUT2D eigenvalue weighted by atomic mass is 10.3. The van der Waals surface area contributed by atoms with Crippen molar-refractivity contribution in [2.45, 2.75) is 19.5 Å². The van der Waals surface area contributed by atoms with E-state index in [-0.39, 0.29) is 5.91 Å². The second kappa shape index (κ2) is 7.64. The quantitative estimate of drug-likeness (QED) is 0.588. The molecule has 2 heterocycles. The van der Waals surface area contributed by atoms with Gasteiger partial charge in [0.25, 0.3) is 0 Å². The molecule has 1 amide bonds. The molecule has 124 valence electrons. The van der Waals surface area contributed by atoms with Gasteiger partial charge in [-0.25, -0.2) is 4.98 Å². The Hall–Kier alpha value is -2.11. The molecule has 3 rings (SSSR count). The SMILES string of the molecule is C=CCN(Cc1ccc(Cl)s1)C(=O)CCn1cnc2ccccc21. The number of fused-ring (bicyclic) bond motifs is 1. The van der Waals surface area contributed by atoms with Crippen LogP contribution in [-0.4, -0.2) is 26.9 Å². The molecule has 1 aromatic carbocycles. The van der Waals surface area contributed by atoms with Gasteiger partial charge >= 0.3 is 0 Å². The van der Waals surface area contributed by atoms with E-state index in [4.69, 9.17) is 11.6 Å². The summed E-state index contributed by atoms with van der Waals surface area (Å²) < 4.78 is 2.75. The molecule has 0 saturated carbocycles. The first kappa shape index (κ1) is 16.7. The summed E-state index contributed by atoms with van der Waals surface area (Å²) in [6.45, 7) is 5.45. The number of benzene rings is 1. The lowest BCUT2D eigenvalue weighted by molar-refractivity contribution is -0.131. The third kappa shape index (κ3) is 3.86. The van der Waals surface area contributed by atoms with Gasteiger partial charge in [0.2, 0.25) is 5.91 Å². The maximum Gasteiger partial charge on any atom is 0.224 e. The van der Waals surface area contributed by atoms with Crippen LogP contribution in [0.3, 0.4) is 0 Å². The van der Waals surface area contributed by atoms with Crippen LogP contribution in [0.25, 0.3) is 11.0 Å². The summed E-state index contributed by atoms with van der Waals surface area (Å²) in [7, 11) is 0. The Morgan fingerprint density at radius 1 is 1.33 bits per heavy atom. The van der Waals surface area contributed by atoms with E-state index in [0.717, 1.165) is 20.2 Å². The largest absolute Gasteiger partial charge is 0.334 e. The number of hydrogen-bond donors (Lipinski definition) is 0. The zero-order valence-electron chi connectivity index (χ0n) is 13.2. The third-order valence-electron chi connectivity index (χ3n) is 3.77. The molecular weight excluding hydrogens is 342 g/mol. The van der Waals surface area contributed by atoms with Gasteiger partial charge in [-0.15, -0.1) is 17.9 Å². The monoisotopic (exact) mass is 359 g/mol. The molecule has 0 N–H and O–H groups in total. The van der Waals surface area contributed by atoms with Crippen LogP contribution in [0, 0.1) is 0 Å². The standard InChI is InChI=1S/C18H18ClN3OS/c1-2-10-21(12-14-7-8-17(19)24-14)18(23)9-11-22-13-20-15-5-3-4-6-16(15)22/h2-8,13H,1,9-12H2. The van der Waals surface area contributed by atoms with Gasteiger partial charge in [-0.3, -0.25) is 4.79 Å². The summed E-state index contributed by atoms with van der Waals surface area (Å²) in [5.74, 6) is 0.0946. The van der Waals surface area contributed by atoms with Crippen molar-refractivity contribution >= 4 is 39.9 Å². The Bertz CT molecular complexity index is 855. The van der Waals surface area contributed by atoms with E-state index in [1.165, 1.54) is 11.3 Å².